The van der Waals surface area contributed by atoms with Crippen molar-refractivity contribution in [3.63, 3.8) is 0 Å². The van der Waals surface area contributed by atoms with Crippen molar-refractivity contribution < 1.29 is 32.9 Å². The van der Waals surface area contributed by atoms with E-state index in [4.69, 9.17) is 9.84 Å². The Labute approximate surface area is 180 Å². The molecule has 0 radical (unpaired) electrons. The van der Waals surface area contributed by atoms with Crippen molar-refractivity contribution in [2.75, 3.05) is 6.54 Å². The summed E-state index contributed by atoms with van der Waals surface area (Å²) in [6, 6.07) is 16.8. The standard InChI is InChI=1S/C22H20F3NO4S/c23-22(24,25)20-18(15-4-2-1-3-5-15)10-17(31-20)13-30-16-8-6-14(7-9-16)11-26-12-19(27)21(28)29/h1-10,19,26-27H,11-13H2,(H,28,29). The summed E-state index contributed by atoms with van der Waals surface area (Å²) in [5, 5.41) is 20.7. The number of thiophene rings is 1. The Kier molecular flexibility index (Phi) is 7.32. The van der Waals surface area contributed by atoms with Crippen LogP contribution in [0.4, 0.5) is 13.2 Å². The summed E-state index contributed by atoms with van der Waals surface area (Å²) in [6.07, 6.45) is -5.92. The largest absolute Gasteiger partial charge is 0.488 e. The molecule has 164 valence electrons. The highest BCUT2D eigenvalue weighted by atomic mass is 32.1. The van der Waals surface area contributed by atoms with E-state index in [-0.39, 0.29) is 18.7 Å². The molecular formula is C22H20F3NO4S. The molecule has 0 amide bonds. The van der Waals surface area contributed by atoms with Gasteiger partial charge < -0.3 is 20.3 Å². The minimum Gasteiger partial charge on any atom is -0.488 e. The average Bonchev–Trinajstić information content (AvgIpc) is 3.19. The topological polar surface area (TPSA) is 78.8 Å². The Morgan fingerprint density at radius 3 is 2.39 bits per heavy atom. The van der Waals surface area contributed by atoms with Crippen LogP contribution in [0.1, 0.15) is 15.3 Å². The molecule has 0 aliphatic heterocycles. The molecule has 0 bridgehead atoms. The second-order valence-corrected chi connectivity index (χ2v) is 7.87. The molecule has 0 fully saturated rings. The van der Waals surface area contributed by atoms with E-state index in [1.807, 2.05) is 0 Å². The molecule has 0 saturated carbocycles. The zero-order valence-corrected chi connectivity index (χ0v) is 17.0. The molecular weight excluding hydrogens is 431 g/mol. The molecule has 5 nitrogen and oxygen atoms in total. The van der Waals surface area contributed by atoms with Crippen LogP contribution in [-0.2, 0) is 24.1 Å². The Hall–Kier alpha value is -2.88. The second kappa shape index (κ2) is 9.95. The quantitative estimate of drug-likeness (QED) is 0.445. The SMILES string of the molecule is O=C(O)C(O)CNCc1ccc(OCc2cc(-c3ccccc3)c(C(F)(F)F)s2)cc1. The van der Waals surface area contributed by atoms with E-state index in [0.29, 0.717) is 34.1 Å². The molecule has 2 aromatic carbocycles. The van der Waals surface area contributed by atoms with E-state index in [1.54, 1.807) is 54.6 Å². The smallest absolute Gasteiger partial charge is 0.426 e. The van der Waals surface area contributed by atoms with Crippen molar-refractivity contribution in [3.05, 3.63) is 76.0 Å². The van der Waals surface area contributed by atoms with Crippen LogP contribution < -0.4 is 10.1 Å². The van der Waals surface area contributed by atoms with Crippen LogP contribution in [0.5, 0.6) is 5.75 Å². The number of aliphatic carboxylic acids is 1. The van der Waals surface area contributed by atoms with E-state index >= 15 is 0 Å². The summed E-state index contributed by atoms with van der Waals surface area (Å²) in [7, 11) is 0. The fourth-order valence-electron chi connectivity index (χ4n) is 2.85. The lowest BCUT2D eigenvalue weighted by atomic mass is 10.1. The highest BCUT2D eigenvalue weighted by molar-refractivity contribution is 7.12. The molecule has 1 aromatic heterocycles. The zero-order chi connectivity index (χ0) is 22.4. The van der Waals surface area contributed by atoms with Gasteiger partial charge in [-0.25, -0.2) is 4.79 Å². The van der Waals surface area contributed by atoms with Gasteiger partial charge in [-0.2, -0.15) is 13.2 Å². The summed E-state index contributed by atoms with van der Waals surface area (Å²) in [5.41, 5.74) is 1.48. The van der Waals surface area contributed by atoms with Gasteiger partial charge >= 0.3 is 12.1 Å². The van der Waals surface area contributed by atoms with Crippen LogP contribution in [0.2, 0.25) is 0 Å². The Morgan fingerprint density at radius 2 is 1.77 bits per heavy atom. The van der Waals surface area contributed by atoms with Gasteiger partial charge in [0.1, 0.15) is 17.2 Å². The van der Waals surface area contributed by atoms with Crippen LogP contribution in [0, 0.1) is 0 Å². The van der Waals surface area contributed by atoms with E-state index in [9.17, 15) is 23.1 Å². The third-order valence-corrected chi connectivity index (χ3v) is 5.54. The molecule has 3 rings (SSSR count). The Bertz CT molecular complexity index is 1000. The first-order chi connectivity index (χ1) is 14.7. The number of carbonyl (C=O) groups is 1. The van der Waals surface area contributed by atoms with Crippen molar-refractivity contribution in [2.45, 2.75) is 25.4 Å². The van der Waals surface area contributed by atoms with Gasteiger partial charge in [-0.15, -0.1) is 11.3 Å². The third-order valence-electron chi connectivity index (χ3n) is 4.38. The molecule has 0 saturated heterocycles. The van der Waals surface area contributed by atoms with Crippen LogP contribution in [0.25, 0.3) is 11.1 Å². The first-order valence-electron chi connectivity index (χ1n) is 9.32. The van der Waals surface area contributed by atoms with Gasteiger partial charge in [0.2, 0.25) is 0 Å². The minimum atomic E-state index is -4.45. The molecule has 3 N–H and O–H groups in total. The summed E-state index contributed by atoms with van der Waals surface area (Å²) in [6.45, 7) is 0.269. The summed E-state index contributed by atoms with van der Waals surface area (Å²) >= 11 is 0.668. The summed E-state index contributed by atoms with van der Waals surface area (Å²) in [5.74, 6) is -0.800. The maximum atomic E-state index is 13.5. The number of rotatable bonds is 9. The van der Waals surface area contributed by atoms with Crippen LogP contribution in [0.15, 0.2) is 60.7 Å². The number of alkyl halides is 3. The lowest BCUT2D eigenvalue weighted by molar-refractivity contribution is -0.146. The zero-order valence-electron chi connectivity index (χ0n) is 16.2. The van der Waals surface area contributed by atoms with E-state index in [1.165, 1.54) is 6.07 Å². The fourth-order valence-corrected chi connectivity index (χ4v) is 3.81. The number of hydrogen-bond acceptors (Lipinski definition) is 5. The molecule has 3 aromatic rings. The predicted molar refractivity (Wildman–Crippen MR) is 111 cm³/mol. The van der Waals surface area contributed by atoms with Gasteiger partial charge in [0.25, 0.3) is 0 Å². The molecule has 1 unspecified atom stereocenters. The molecule has 9 heteroatoms. The van der Waals surface area contributed by atoms with Crippen molar-refractivity contribution >= 4 is 17.3 Å². The van der Waals surface area contributed by atoms with E-state index in [0.717, 1.165) is 5.56 Å². The molecule has 31 heavy (non-hydrogen) atoms. The number of halogens is 3. The molecule has 1 atom stereocenters. The minimum absolute atomic E-state index is 0.00296. The number of carboxylic acid groups (broad SMARTS) is 1. The fraction of sp³-hybridized carbons (Fsp3) is 0.227. The third kappa shape index (κ3) is 6.30. The van der Waals surface area contributed by atoms with Crippen molar-refractivity contribution in [1.29, 1.82) is 0 Å². The van der Waals surface area contributed by atoms with Crippen LogP contribution >= 0.6 is 11.3 Å². The average molecular weight is 451 g/mol. The maximum Gasteiger partial charge on any atom is 0.426 e. The van der Waals surface area contributed by atoms with Gasteiger partial charge in [-0.1, -0.05) is 42.5 Å². The number of carboxylic acids is 1. The number of nitrogens with one attached hydrogen (secondary N) is 1. The van der Waals surface area contributed by atoms with E-state index in [2.05, 4.69) is 5.32 Å². The number of aliphatic hydroxyl groups is 1. The molecule has 0 aliphatic carbocycles. The molecule has 0 aliphatic rings. The maximum absolute atomic E-state index is 13.5. The van der Waals surface area contributed by atoms with E-state index < -0.39 is 23.1 Å². The molecule has 1 heterocycles. The lowest BCUT2D eigenvalue weighted by Crippen LogP contribution is -2.32. The number of ether oxygens (including phenoxy) is 1. The first-order valence-corrected chi connectivity index (χ1v) is 10.1. The lowest BCUT2D eigenvalue weighted by Gasteiger charge is -2.09. The van der Waals surface area contributed by atoms with Gasteiger partial charge in [0.15, 0.2) is 6.10 Å². The summed E-state index contributed by atoms with van der Waals surface area (Å²) in [4.78, 5) is 10.4. The van der Waals surface area contributed by atoms with Gasteiger partial charge in [0, 0.05) is 23.5 Å². The van der Waals surface area contributed by atoms with Gasteiger partial charge in [-0.3, -0.25) is 0 Å². The number of hydrogen-bond donors (Lipinski definition) is 3. The second-order valence-electron chi connectivity index (χ2n) is 6.74. The van der Waals surface area contributed by atoms with Crippen molar-refractivity contribution in [2.24, 2.45) is 0 Å². The summed E-state index contributed by atoms with van der Waals surface area (Å²) < 4.78 is 46.0. The highest BCUT2D eigenvalue weighted by Crippen LogP contribution is 2.43. The van der Waals surface area contributed by atoms with Gasteiger partial charge in [0.05, 0.1) is 0 Å². The van der Waals surface area contributed by atoms with Crippen molar-refractivity contribution in [1.82, 2.24) is 5.32 Å². The van der Waals surface area contributed by atoms with Crippen LogP contribution in [0.3, 0.4) is 0 Å². The van der Waals surface area contributed by atoms with Crippen molar-refractivity contribution in [3.8, 4) is 16.9 Å². The number of aliphatic hydroxyl groups excluding tert-OH is 1. The predicted octanol–water partition coefficient (Wildman–Crippen LogP) is 4.55. The normalized spacial score (nSPS) is 12.5. The highest BCUT2D eigenvalue weighted by Gasteiger charge is 2.36. The number of benzene rings is 2. The molecule has 0 spiro atoms. The Balaban J connectivity index is 1.62. The Morgan fingerprint density at radius 1 is 1.10 bits per heavy atom. The van der Waals surface area contributed by atoms with Crippen LogP contribution in [-0.4, -0.2) is 28.8 Å². The monoisotopic (exact) mass is 451 g/mol. The first kappa shape index (κ1) is 22.8. The van der Waals surface area contributed by atoms with Gasteiger partial charge in [-0.05, 0) is 29.3 Å².